The van der Waals surface area contributed by atoms with Gasteiger partial charge in [-0.25, -0.2) is 4.98 Å². The van der Waals surface area contributed by atoms with E-state index in [1.165, 1.54) is 4.80 Å². The van der Waals surface area contributed by atoms with Gasteiger partial charge in [-0.3, -0.25) is 4.90 Å². The quantitative estimate of drug-likeness (QED) is 0.255. The molecular formula is C24H26N6O2. The number of nitrogens with zero attached hydrogens (tertiary/aromatic N) is 6. The van der Waals surface area contributed by atoms with E-state index < -0.39 is 0 Å². The Labute approximate surface area is 186 Å². The minimum atomic E-state index is 0.550. The SMILES string of the molecule is [O-][n+]1c2ccccc2nn1-c1ccc(OCCCN2CCN(c3ccccn3)CC2)cc1. The van der Waals surface area contributed by atoms with Crippen LogP contribution >= 0.6 is 0 Å². The molecule has 4 aromatic rings. The molecule has 0 aliphatic carbocycles. The van der Waals surface area contributed by atoms with Crippen LogP contribution in [0, 0.1) is 5.21 Å². The van der Waals surface area contributed by atoms with E-state index in [1.807, 2.05) is 60.8 Å². The van der Waals surface area contributed by atoms with Gasteiger partial charge in [-0.05, 0) is 59.7 Å². The van der Waals surface area contributed by atoms with Crippen LogP contribution in [0.3, 0.4) is 0 Å². The Morgan fingerprint density at radius 1 is 0.906 bits per heavy atom. The summed E-state index contributed by atoms with van der Waals surface area (Å²) in [7, 11) is 0. The van der Waals surface area contributed by atoms with E-state index in [9.17, 15) is 5.21 Å². The van der Waals surface area contributed by atoms with E-state index in [0.29, 0.717) is 23.3 Å². The minimum absolute atomic E-state index is 0.550. The van der Waals surface area contributed by atoms with E-state index in [-0.39, 0.29) is 0 Å². The Balaban J connectivity index is 1.08. The predicted molar refractivity (Wildman–Crippen MR) is 123 cm³/mol. The van der Waals surface area contributed by atoms with Crippen LogP contribution in [-0.2, 0) is 0 Å². The lowest BCUT2D eigenvalue weighted by atomic mass is 10.3. The van der Waals surface area contributed by atoms with Crippen molar-refractivity contribution in [3.05, 3.63) is 78.1 Å². The Bertz CT molecular complexity index is 1150. The zero-order valence-electron chi connectivity index (χ0n) is 17.9. The Hall–Kier alpha value is -3.65. The number of piperazine rings is 1. The first kappa shape index (κ1) is 20.3. The van der Waals surface area contributed by atoms with Crippen LogP contribution in [0.15, 0.2) is 72.9 Å². The van der Waals surface area contributed by atoms with Crippen LogP contribution in [0.4, 0.5) is 5.82 Å². The second kappa shape index (κ2) is 9.23. The molecule has 8 heteroatoms. The highest BCUT2D eigenvalue weighted by Gasteiger charge is 2.17. The fraction of sp³-hybridized carbons (Fsp3) is 0.292. The molecule has 0 radical (unpaired) electrons. The van der Waals surface area contributed by atoms with Crippen molar-refractivity contribution in [1.82, 2.24) is 19.8 Å². The summed E-state index contributed by atoms with van der Waals surface area (Å²) < 4.78 is 5.91. The maximum Gasteiger partial charge on any atom is 0.250 e. The number of ether oxygens (including phenoxy) is 1. The van der Waals surface area contributed by atoms with Crippen molar-refractivity contribution in [1.29, 1.82) is 0 Å². The molecule has 0 bridgehead atoms. The molecule has 0 unspecified atom stereocenters. The van der Waals surface area contributed by atoms with Crippen molar-refractivity contribution in [2.75, 3.05) is 44.2 Å². The van der Waals surface area contributed by atoms with Gasteiger partial charge in [0.1, 0.15) is 17.3 Å². The number of benzene rings is 2. The number of hydrogen-bond acceptors (Lipinski definition) is 6. The van der Waals surface area contributed by atoms with Gasteiger partial charge in [0.2, 0.25) is 11.0 Å². The predicted octanol–water partition coefficient (Wildman–Crippen LogP) is 2.65. The normalized spacial score (nSPS) is 14.7. The number of para-hydroxylation sites is 1. The highest BCUT2D eigenvalue weighted by atomic mass is 16.5. The highest BCUT2D eigenvalue weighted by Crippen LogP contribution is 2.16. The van der Waals surface area contributed by atoms with Gasteiger partial charge in [0.15, 0.2) is 0 Å². The third kappa shape index (κ3) is 4.36. The zero-order chi connectivity index (χ0) is 21.8. The molecule has 2 aromatic carbocycles. The fourth-order valence-electron chi connectivity index (χ4n) is 4.01. The third-order valence-corrected chi connectivity index (χ3v) is 5.76. The average molecular weight is 431 g/mol. The van der Waals surface area contributed by atoms with Crippen molar-refractivity contribution >= 4 is 16.9 Å². The van der Waals surface area contributed by atoms with E-state index in [4.69, 9.17) is 4.74 Å². The van der Waals surface area contributed by atoms with Crippen LogP contribution < -0.4 is 14.5 Å². The number of pyridine rings is 1. The van der Waals surface area contributed by atoms with Crippen LogP contribution in [0.25, 0.3) is 16.7 Å². The highest BCUT2D eigenvalue weighted by molar-refractivity contribution is 5.70. The van der Waals surface area contributed by atoms with E-state index in [0.717, 1.165) is 55.6 Å². The molecule has 164 valence electrons. The topological polar surface area (TPSA) is 73.4 Å². The van der Waals surface area contributed by atoms with Gasteiger partial charge in [-0.15, -0.1) is 4.85 Å². The van der Waals surface area contributed by atoms with Crippen LogP contribution in [-0.4, -0.2) is 59.1 Å². The second-order valence-corrected chi connectivity index (χ2v) is 7.86. The summed E-state index contributed by atoms with van der Waals surface area (Å²) >= 11 is 0. The largest absolute Gasteiger partial charge is 0.692 e. The Kier molecular flexibility index (Phi) is 5.85. The molecule has 2 aromatic heterocycles. The molecule has 3 heterocycles. The van der Waals surface area contributed by atoms with Crippen LogP contribution in [0.2, 0.25) is 0 Å². The van der Waals surface area contributed by atoms with E-state index >= 15 is 0 Å². The smallest absolute Gasteiger partial charge is 0.250 e. The number of hydrogen-bond donors (Lipinski definition) is 0. The molecule has 0 saturated carbocycles. The number of rotatable bonds is 7. The Morgan fingerprint density at radius 2 is 1.69 bits per heavy atom. The van der Waals surface area contributed by atoms with Crippen molar-refractivity contribution in [2.24, 2.45) is 0 Å². The maximum atomic E-state index is 12.5. The van der Waals surface area contributed by atoms with Gasteiger partial charge in [0, 0.05) is 38.9 Å². The zero-order valence-corrected chi connectivity index (χ0v) is 17.9. The molecule has 0 amide bonds. The number of fused-ring (bicyclic) bond motifs is 1. The summed E-state index contributed by atoms with van der Waals surface area (Å²) in [5.41, 5.74) is 1.92. The van der Waals surface area contributed by atoms with Gasteiger partial charge in [0.25, 0.3) is 0 Å². The van der Waals surface area contributed by atoms with Crippen molar-refractivity contribution in [3.63, 3.8) is 0 Å². The first-order valence-corrected chi connectivity index (χ1v) is 11.0. The van der Waals surface area contributed by atoms with Crippen LogP contribution in [0.1, 0.15) is 6.42 Å². The summed E-state index contributed by atoms with van der Waals surface area (Å²) in [6.45, 7) is 5.76. The van der Waals surface area contributed by atoms with Gasteiger partial charge in [-0.2, -0.15) is 0 Å². The van der Waals surface area contributed by atoms with Gasteiger partial charge in [-0.1, -0.05) is 18.2 Å². The lowest BCUT2D eigenvalue weighted by Crippen LogP contribution is -2.47. The molecule has 1 aliphatic rings. The van der Waals surface area contributed by atoms with Crippen molar-refractivity contribution in [2.45, 2.75) is 6.42 Å². The average Bonchev–Trinajstić information content (AvgIpc) is 3.20. The molecule has 8 nitrogen and oxygen atoms in total. The summed E-state index contributed by atoms with van der Waals surface area (Å²) in [4.78, 5) is 11.4. The second-order valence-electron chi connectivity index (χ2n) is 7.86. The molecule has 0 N–H and O–H groups in total. The summed E-state index contributed by atoms with van der Waals surface area (Å²) in [6.07, 6.45) is 2.82. The monoisotopic (exact) mass is 430 g/mol. The molecule has 1 fully saturated rings. The first-order valence-electron chi connectivity index (χ1n) is 11.0. The lowest BCUT2D eigenvalue weighted by molar-refractivity contribution is -0.664. The van der Waals surface area contributed by atoms with Gasteiger partial charge >= 0.3 is 0 Å². The minimum Gasteiger partial charge on any atom is -0.692 e. The Morgan fingerprint density at radius 3 is 2.44 bits per heavy atom. The van der Waals surface area contributed by atoms with Gasteiger partial charge in [0.05, 0.1) is 11.7 Å². The van der Waals surface area contributed by atoms with E-state index in [1.54, 1.807) is 6.07 Å². The van der Waals surface area contributed by atoms with Crippen molar-refractivity contribution in [3.8, 4) is 11.4 Å². The molecule has 0 atom stereocenters. The first-order chi connectivity index (χ1) is 15.8. The molecule has 32 heavy (non-hydrogen) atoms. The summed E-state index contributed by atoms with van der Waals surface area (Å²) in [6, 6.07) is 20.8. The fourth-order valence-corrected chi connectivity index (χ4v) is 4.01. The van der Waals surface area contributed by atoms with Crippen molar-refractivity contribution < 1.29 is 9.58 Å². The number of aromatic nitrogens is 4. The summed E-state index contributed by atoms with van der Waals surface area (Å²) in [5.74, 6) is 1.85. The molecule has 0 spiro atoms. The van der Waals surface area contributed by atoms with Gasteiger partial charge < -0.3 is 14.8 Å². The standard InChI is InChI=1S/C24H26N6O2/c31-30-23-7-2-1-6-22(23)26-29(30)20-9-11-21(12-10-20)32-19-5-14-27-15-17-28(18-16-27)24-8-3-4-13-25-24/h1-4,6-13H,5,14-19H2. The maximum absolute atomic E-state index is 12.5. The van der Waals surface area contributed by atoms with E-state index in [2.05, 4.69) is 25.9 Å². The third-order valence-electron chi connectivity index (χ3n) is 5.76. The molecule has 1 saturated heterocycles. The molecule has 1 aliphatic heterocycles. The lowest BCUT2D eigenvalue weighted by Gasteiger charge is -2.35. The summed E-state index contributed by atoms with van der Waals surface area (Å²) in [5, 5.41) is 16.8. The molecular weight excluding hydrogens is 404 g/mol. The van der Waals surface area contributed by atoms with Crippen LogP contribution in [0.5, 0.6) is 5.75 Å². The molecule has 5 rings (SSSR count). The number of anilines is 1.